The van der Waals surface area contributed by atoms with Crippen LogP contribution in [0.3, 0.4) is 0 Å². The van der Waals surface area contributed by atoms with Gasteiger partial charge >= 0.3 is 5.97 Å². The standard InChI is InChI=1S/C19H17N5O4/c1-23-14-6-4-11(10-13(14)21-22-23)24-9-8-20-18(24)12-5-7-15(27-2)17(28-3)16(12)19(25)26/h4-10H,1-3H3,(H,25,26). The molecule has 0 spiro atoms. The maximum Gasteiger partial charge on any atom is 0.340 e. The minimum atomic E-state index is -1.13. The van der Waals surface area contributed by atoms with Crippen LogP contribution in [0.5, 0.6) is 11.5 Å². The van der Waals surface area contributed by atoms with E-state index < -0.39 is 5.97 Å². The molecule has 142 valence electrons. The highest BCUT2D eigenvalue weighted by molar-refractivity contribution is 5.99. The number of carboxylic acid groups (broad SMARTS) is 1. The third-order valence-electron chi connectivity index (χ3n) is 4.51. The van der Waals surface area contributed by atoms with Crippen molar-refractivity contribution in [2.45, 2.75) is 0 Å². The average Bonchev–Trinajstić information content (AvgIpc) is 3.33. The van der Waals surface area contributed by atoms with Crippen LogP contribution in [0.4, 0.5) is 0 Å². The van der Waals surface area contributed by atoms with Crippen molar-refractivity contribution in [3.63, 3.8) is 0 Å². The first-order valence-electron chi connectivity index (χ1n) is 8.37. The summed E-state index contributed by atoms with van der Waals surface area (Å²) < 4.78 is 14.0. The topological polar surface area (TPSA) is 104 Å². The Hall–Kier alpha value is -3.88. The van der Waals surface area contributed by atoms with Gasteiger partial charge in [-0.05, 0) is 30.3 Å². The largest absolute Gasteiger partial charge is 0.493 e. The number of nitrogens with zero attached hydrogens (tertiary/aromatic N) is 5. The average molecular weight is 379 g/mol. The maximum atomic E-state index is 12.0. The van der Waals surface area contributed by atoms with Gasteiger partial charge in [-0.15, -0.1) is 5.10 Å². The lowest BCUT2D eigenvalue weighted by atomic mass is 10.0. The number of hydrogen-bond acceptors (Lipinski definition) is 6. The van der Waals surface area contributed by atoms with Crippen LogP contribution in [0.15, 0.2) is 42.7 Å². The van der Waals surface area contributed by atoms with Gasteiger partial charge in [0.15, 0.2) is 11.5 Å². The Balaban J connectivity index is 1.92. The van der Waals surface area contributed by atoms with E-state index in [9.17, 15) is 9.90 Å². The monoisotopic (exact) mass is 379 g/mol. The maximum absolute atomic E-state index is 12.0. The number of methoxy groups -OCH3 is 2. The zero-order valence-electron chi connectivity index (χ0n) is 15.4. The van der Waals surface area contributed by atoms with Gasteiger partial charge in [-0.3, -0.25) is 4.57 Å². The summed E-state index contributed by atoms with van der Waals surface area (Å²) in [6.45, 7) is 0. The lowest BCUT2D eigenvalue weighted by Gasteiger charge is -2.15. The van der Waals surface area contributed by atoms with E-state index in [4.69, 9.17) is 9.47 Å². The second kappa shape index (κ2) is 6.69. The molecule has 0 saturated carbocycles. The Morgan fingerprint density at radius 3 is 2.68 bits per heavy atom. The van der Waals surface area contributed by atoms with E-state index in [-0.39, 0.29) is 11.3 Å². The quantitative estimate of drug-likeness (QED) is 0.568. The Morgan fingerprint density at radius 1 is 1.14 bits per heavy atom. The van der Waals surface area contributed by atoms with Crippen molar-refractivity contribution in [2.24, 2.45) is 7.05 Å². The fourth-order valence-corrected chi connectivity index (χ4v) is 3.22. The summed E-state index contributed by atoms with van der Waals surface area (Å²) in [7, 11) is 4.68. The van der Waals surface area contributed by atoms with Crippen LogP contribution in [0.25, 0.3) is 28.1 Å². The zero-order chi connectivity index (χ0) is 19.8. The third kappa shape index (κ3) is 2.64. The van der Waals surface area contributed by atoms with Gasteiger partial charge in [0.1, 0.15) is 16.9 Å². The van der Waals surface area contributed by atoms with E-state index in [1.165, 1.54) is 14.2 Å². The number of aryl methyl sites for hydroxylation is 1. The van der Waals surface area contributed by atoms with Gasteiger partial charge in [0, 0.05) is 30.7 Å². The Morgan fingerprint density at radius 2 is 1.96 bits per heavy atom. The number of fused-ring (bicyclic) bond motifs is 1. The molecule has 0 fully saturated rings. The molecule has 0 atom stereocenters. The highest BCUT2D eigenvalue weighted by atomic mass is 16.5. The highest BCUT2D eigenvalue weighted by Gasteiger charge is 2.24. The molecular weight excluding hydrogens is 362 g/mol. The Kier molecular flexibility index (Phi) is 4.19. The fraction of sp³-hybridized carbons (Fsp3) is 0.158. The van der Waals surface area contributed by atoms with Crippen molar-refractivity contribution < 1.29 is 19.4 Å². The molecule has 0 unspecified atom stereocenters. The van der Waals surface area contributed by atoms with Crippen molar-refractivity contribution in [3.05, 3.63) is 48.3 Å². The van der Waals surface area contributed by atoms with Crippen molar-refractivity contribution in [1.29, 1.82) is 0 Å². The molecule has 4 aromatic rings. The van der Waals surface area contributed by atoms with E-state index in [0.29, 0.717) is 17.1 Å². The summed E-state index contributed by atoms with van der Waals surface area (Å²) in [6.07, 6.45) is 3.37. The molecule has 2 heterocycles. The molecular formula is C19H17N5O4. The van der Waals surface area contributed by atoms with Gasteiger partial charge in [0.05, 0.1) is 19.7 Å². The Labute approximate surface area is 159 Å². The molecule has 0 aliphatic heterocycles. The van der Waals surface area contributed by atoms with Gasteiger partial charge in [-0.2, -0.15) is 0 Å². The van der Waals surface area contributed by atoms with Crippen LogP contribution < -0.4 is 9.47 Å². The second-order valence-corrected chi connectivity index (χ2v) is 6.04. The second-order valence-electron chi connectivity index (χ2n) is 6.04. The van der Waals surface area contributed by atoms with Gasteiger partial charge in [0.2, 0.25) is 0 Å². The molecule has 0 bridgehead atoms. The molecule has 4 rings (SSSR count). The SMILES string of the molecule is COc1ccc(-c2nccn2-c2ccc3c(c2)nnn3C)c(C(=O)O)c1OC. The highest BCUT2D eigenvalue weighted by Crippen LogP contribution is 2.38. The van der Waals surface area contributed by atoms with Crippen LogP contribution in [0, 0.1) is 0 Å². The summed E-state index contributed by atoms with van der Waals surface area (Å²) in [5, 5.41) is 18.0. The summed E-state index contributed by atoms with van der Waals surface area (Å²) in [6, 6.07) is 8.99. The molecule has 0 saturated heterocycles. The molecule has 1 N–H and O–H groups in total. The fourth-order valence-electron chi connectivity index (χ4n) is 3.22. The molecule has 28 heavy (non-hydrogen) atoms. The smallest absolute Gasteiger partial charge is 0.340 e. The number of carbonyl (C=O) groups is 1. The number of ether oxygens (including phenoxy) is 2. The predicted octanol–water partition coefficient (Wildman–Crippen LogP) is 2.54. The molecule has 0 aliphatic rings. The van der Waals surface area contributed by atoms with Crippen LogP contribution >= 0.6 is 0 Å². The molecule has 9 nitrogen and oxygen atoms in total. The minimum Gasteiger partial charge on any atom is -0.493 e. The number of aromatic carboxylic acids is 1. The van der Waals surface area contributed by atoms with E-state index in [2.05, 4.69) is 15.3 Å². The third-order valence-corrected chi connectivity index (χ3v) is 4.51. The minimum absolute atomic E-state index is 0.0186. The summed E-state index contributed by atoms with van der Waals surface area (Å²) in [4.78, 5) is 16.4. The normalized spacial score (nSPS) is 11.0. The van der Waals surface area contributed by atoms with E-state index in [1.807, 2.05) is 25.2 Å². The first-order chi connectivity index (χ1) is 13.5. The lowest BCUT2D eigenvalue weighted by molar-refractivity contribution is 0.0693. The van der Waals surface area contributed by atoms with Gasteiger partial charge in [-0.1, -0.05) is 5.21 Å². The summed E-state index contributed by atoms with van der Waals surface area (Å²) in [5.74, 6) is -0.194. The number of imidazole rings is 1. The van der Waals surface area contributed by atoms with Crippen LogP contribution in [-0.2, 0) is 7.05 Å². The van der Waals surface area contributed by atoms with Gasteiger partial charge in [0.25, 0.3) is 0 Å². The first-order valence-corrected chi connectivity index (χ1v) is 8.37. The van der Waals surface area contributed by atoms with E-state index in [0.717, 1.165) is 16.7 Å². The van der Waals surface area contributed by atoms with Crippen molar-refractivity contribution in [1.82, 2.24) is 24.5 Å². The lowest BCUT2D eigenvalue weighted by Crippen LogP contribution is -2.07. The summed E-state index contributed by atoms with van der Waals surface area (Å²) >= 11 is 0. The van der Waals surface area contributed by atoms with Crippen LogP contribution in [0.1, 0.15) is 10.4 Å². The summed E-state index contributed by atoms with van der Waals surface area (Å²) in [5.41, 5.74) is 2.80. The number of aromatic nitrogens is 5. The molecule has 2 aromatic carbocycles. The predicted molar refractivity (Wildman–Crippen MR) is 101 cm³/mol. The molecule has 0 aliphatic carbocycles. The van der Waals surface area contributed by atoms with Crippen molar-refractivity contribution in [3.8, 4) is 28.6 Å². The number of carboxylic acids is 1. The van der Waals surface area contributed by atoms with Gasteiger partial charge < -0.3 is 14.6 Å². The number of benzene rings is 2. The molecule has 0 amide bonds. The van der Waals surface area contributed by atoms with Crippen molar-refractivity contribution >= 4 is 17.0 Å². The van der Waals surface area contributed by atoms with E-state index >= 15 is 0 Å². The van der Waals surface area contributed by atoms with Gasteiger partial charge in [-0.25, -0.2) is 14.5 Å². The van der Waals surface area contributed by atoms with Crippen LogP contribution in [-0.4, -0.2) is 49.8 Å². The first kappa shape index (κ1) is 17.5. The molecule has 0 radical (unpaired) electrons. The Bertz CT molecular complexity index is 1190. The number of rotatable bonds is 5. The molecule has 2 aromatic heterocycles. The number of hydrogen-bond donors (Lipinski definition) is 1. The van der Waals surface area contributed by atoms with E-state index in [1.54, 1.807) is 33.8 Å². The zero-order valence-corrected chi connectivity index (χ0v) is 15.4. The van der Waals surface area contributed by atoms with Crippen molar-refractivity contribution in [2.75, 3.05) is 14.2 Å². The molecule has 9 heteroatoms. The van der Waals surface area contributed by atoms with Crippen LogP contribution in [0.2, 0.25) is 0 Å².